The molecule has 0 radical (unpaired) electrons. The summed E-state index contributed by atoms with van der Waals surface area (Å²) >= 11 is 0. The average molecular weight is 299 g/mol. The maximum absolute atomic E-state index is 12.2. The topological polar surface area (TPSA) is 54.3 Å². The minimum atomic E-state index is -0.118. The molecular formula is C17H21N3O2. The minimum Gasteiger partial charge on any atom is -0.378 e. The van der Waals surface area contributed by atoms with E-state index in [4.69, 9.17) is 0 Å². The lowest BCUT2D eigenvalue weighted by Crippen LogP contribution is -2.23. The molecule has 0 aliphatic heterocycles. The van der Waals surface area contributed by atoms with Crippen LogP contribution in [-0.4, -0.2) is 24.6 Å². The minimum absolute atomic E-state index is 0.0362. The Balaban J connectivity index is 2.09. The van der Waals surface area contributed by atoms with Gasteiger partial charge in [0.05, 0.1) is 0 Å². The number of aryl methyl sites for hydroxylation is 2. The molecule has 0 unspecified atom stereocenters. The number of carbonyl (C=O) groups is 1. The average Bonchev–Trinajstić information content (AvgIpc) is 2.43. The van der Waals surface area contributed by atoms with Gasteiger partial charge in [0.1, 0.15) is 6.54 Å². The summed E-state index contributed by atoms with van der Waals surface area (Å²) in [7, 11) is 3.94. The first-order chi connectivity index (χ1) is 10.4. The molecule has 2 rings (SSSR count). The van der Waals surface area contributed by atoms with Crippen LogP contribution in [0.2, 0.25) is 0 Å². The fraction of sp³-hybridized carbons (Fsp3) is 0.294. The first-order valence-corrected chi connectivity index (χ1v) is 7.12. The Bertz CT molecular complexity index is 704. The van der Waals surface area contributed by atoms with Crippen molar-refractivity contribution >= 4 is 17.3 Å². The second kappa shape index (κ2) is 6.47. The maximum Gasteiger partial charge on any atom is 0.244 e. The summed E-state index contributed by atoms with van der Waals surface area (Å²) in [5, 5.41) is 2.87. The highest BCUT2D eigenvalue weighted by atomic mass is 16.2. The number of rotatable bonds is 4. The highest BCUT2D eigenvalue weighted by molar-refractivity contribution is 5.90. The molecule has 0 fully saturated rings. The molecule has 1 aromatic carbocycles. The molecule has 2 aromatic rings. The zero-order valence-electron chi connectivity index (χ0n) is 13.4. The van der Waals surface area contributed by atoms with Crippen molar-refractivity contribution in [1.82, 2.24) is 4.57 Å². The van der Waals surface area contributed by atoms with Crippen LogP contribution in [0.4, 0.5) is 11.4 Å². The zero-order chi connectivity index (χ0) is 16.3. The van der Waals surface area contributed by atoms with E-state index in [-0.39, 0.29) is 17.9 Å². The van der Waals surface area contributed by atoms with E-state index in [1.165, 1.54) is 12.1 Å². The Morgan fingerprint density at radius 3 is 2.14 bits per heavy atom. The summed E-state index contributed by atoms with van der Waals surface area (Å²) in [6.45, 7) is 3.84. The van der Waals surface area contributed by atoms with E-state index in [9.17, 15) is 9.59 Å². The van der Waals surface area contributed by atoms with E-state index < -0.39 is 0 Å². The molecule has 1 amide bonds. The van der Waals surface area contributed by atoms with Gasteiger partial charge in [-0.25, -0.2) is 0 Å². The lowest BCUT2D eigenvalue weighted by atomic mass is 10.2. The molecule has 116 valence electrons. The zero-order valence-corrected chi connectivity index (χ0v) is 13.4. The summed E-state index contributed by atoms with van der Waals surface area (Å²) in [4.78, 5) is 25.6. The van der Waals surface area contributed by atoms with E-state index in [0.717, 1.165) is 22.8 Å². The van der Waals surface area contributed by atoms with E-state index in [2.05, 4.69) is 5.32 Å². The second-order valence-corrected chi connectivity index (χ2v) is 5.55. The van der Waals surface area contributed by atoms with E-state index in [0.29, 0.717) is 0 Å². The summed E-state index contributed by atoms with van der Waals surface area (Å²) in [5.41, 5.74) is 3.36. The van der Waals surface area contributed by atoms with E-state index >= 15 is 0 Å². The van der Waals surface area contributed by atoms with Crippen LogP contribution < -0.4 is 15.6 Å². The lowest BCUT2D eigenvalue weighted by Gasteiger charge is -2.15. The van der Waals surface area contributed by atoms with Gasteiger partial charge in [0.15, 0.2) is 5.43 Å². The van der Waals surface area contributed by atoms with E-state index in [1.54, 1.807) is 0 Å². The quantitative estimate of drug-likeness (QED) is 0.941. The fourth-order valence-corrected chi connectivity index (χ4v) is 2.32. The van der Waals surface area contributed by atoms with Gasteiger partial charge < -0.3 is 14.8 Å². The molecule has 0 atom stereocenters. The molecule has 0 bridgehead atoms. The largest absolute Gasteiger partial charge is 0.378 e. The number of nitrogens with one attached hydrogen (secondary N) is 1. The van der Waals surface area contributed by atoms with Crippen molar-refractivity contribution in [2.75, 3.05) is 24.3 Å². The second-order valence-electron chi connectivity index (χ2n) is 5.55. The third kappa shape index (κ3) is 3.75. The summed E-state index contributed by atoms with van der Waals surface area (Å²) in [6.07, 6.45) is 0. The number of nitrogens with zero attached hydrogens (tertiary/aromatic N) is 2. The molecule has 0 saturated carbocycles. The van der Waals surface area contributed by atoms with E-state index in [1.807, 2.05) is 61.7 Å². The van der Waals surface area contributed by atoms with Crippen LogP contribution in [0.3, 0.4) is 0 Å². The van der Waals surface area contributed by atoms with Gasteiger partial charge >= 0.3 is 0 Å². The van der Waals surface area contributed by atoms with Gasteiger partial charge in [-0.3, -0.25) is 9.59 Å². The smallest absolute Gasteiger partial charge is 0.244 e. The van der Waals surface area contributed by atoms with Crippen LogP contribution in [-0.2, 0) is 11.3 Å². The Kier molecular flexibility index (Phi) is 4.65. The number of hydrogen-bond acceptors (Lipinski definition) is 3. The predicted octanol–water partition coefficient (Wildman–Crippen LogP) is 2.17. The summed E-state index contributed by atoms with van der Waals surface area (Å²) in [6, 6.07) is 10.7. The first kappa shape index (κ1) is 15.8. The van der Waals surface area contributed by atoms with Gasteiger partial charge in [0, 0.05) is 49.0 Å². The molecule has 5 nitrogen and oxygen atoms in total. The predicted molar refractivity (Wildman–Crippen MR) is 89.6 cm³/mol. The monoisotopic (exact) mass is 299 g/mol. The summed E-state index contributed by atoms with van der Waals surface area (Å²) in [5.74, 6) is -0.118. The number of hydrogen-bond donors (Lipinski definition) is 1. The number of carbonyl (C=O) groups excluding carboxylic acids is 1. The first-order valence-electron chi connectivity index (χ1n) is 7.12. The third-order valence-corrected chi connectivity index (χ3v) is 3.52. The number of anilines is 2. The Morgan fingerprint density at radius 1 is 1.09 bits per heavy atom. The van der Waals surface area contributed by atoms with Crippen molar-refractivity contribution in [1.29, 1.82) is 0 Å². The molecule has 1 heterocycles. The number of aromatic nitrogens is 1. The van der Waals surface area contributed by atoms with Crippen molar-refractivity contribution in [3.8, 4) is 0 Å². The van der Waals surface area contributed by atoms with Crippen LogP contribution >= 0.6 is 0 Å². The van der Waals surface area contributed by atoms with Gasteiger partial charge in [-0.15, -0.1) is 0 Å². The van der Waals surface area contributed by atoms with Crippen molar-refractivity contribution in [3.63, 3.8) is 0 Å². The van der Waals surface area contributed by atoms with Crippen LogP contribution in [0.5, 0.6) is 0 Å². The van der Waals surface area contributed by atoms with Crippen LogP contribution in [0.25, 0.3) is 0 Å². The van der Waals surface area contributed by atoms with Crippen LogP contribution in [0.1, 0.15) is 11.4 Å². The molecule has 1 aromatic heterocycles. The van der Waals surface area contributed by atoms with Gasteiger partial charge in [-0.05, 0) is 38.1 Å². The van der Waals surface area contributed by atoms with Crippen LogP contribution in [0.15, 0.2) is 41.2 Å². The molecule has 0 aliphatic carbocycles. The summed E-state index contributed by atoms with van der Waals surface area (Å²) < 4.78 is 1.82. The number of benzene rings is 1. The molecule has 0 aliphatic rings. The normalized spacial score (nSPS) is 10.4. The molecule has 0 spiro atoms. The Labute approximate surface area is 130 Å². The van der Waals surface area contributed by atoms with Crippen molar-refractivity contribution in [3.05, 3.63) is 58.0 Å². The Morgan fingerprint density at radius 2 is 1.64 bits per heavy atom. The third-order valence-electron chi connectivity index (χ3n) is 3.52. The molecule has 22 heavy (non-hydrogen) atoms. The van der Waals surface area contributed by atoms with Gasteiger partial charge in [0.2, 0.25) is 5.91 Å². The van der Waals surface area contributed by atoms with Crippen molar-refractivity contribution in [2.24, 2.45) is 0 Å². The highest BCUT2D eigenvalue weighted by Crippen LogP contribution is 2.15. The van der Waals surface area contributed by atoms with Gasteiger partial charge in [-0.1, -0.05) is 0 Å². The number of pyridine rings is 1. The number of amides is 1. The van der Waals surface area contributed by atoms with Crippen molar-refractivity contribution in [2.45, 2.75) is 20.4 Å². The lowest BCUT2D eigenvalue weighted by molar-refractivity contribution is -0.116. The molecular weight excluding hydrogens is 278 g/mol. The SMILES string of the molecule is Cc1cc(=O)cc(C)n1CC(=O)Nc1ccc(N(C)C)cc1. The maximum atomic E-state index is 12.2. The van der Waals surface area contributed by atoms with Gasteiger partial charge in [-0.2, -0.15) is 0 Å². The molecule has 5 heteroatoms. The molecule has 1 N–H and O–H groups in total. The van der Waals surface area contributed by atoms with Crippen LogP contribution in [0, 0.1) is 13.8 Å². The van der Waals surface area contributed by atoms with Crippen molar-refractivity contribution < 1.29 is 4.79 Å². The standard InChI is InChI=1S/C17H21N3O2/c1-12-9-16(21)10-13(2)20(12)11-17(22)18-14-5-7-15(8-6-14)19(3)4/h5-10H,11H2,1-4H3,(H,18,22). The molecule has 0 saturated heterocycles. The fourth-order valence-electron chi connectivity index (χ4n) is 2.32. The van der Waals surface area contributed by atoms with Gasteiger partial charge in [0.25, 0.3) is 0 Å². The Hall–Kier alpha value is -2.56. The highest BCUT2D eigenvalue weighted by Gasteiger charge is 2.08.